The molecule has 1 aliphatic rings. The predicted molar refractivity (Wildman–Crippen MR) is 100.0 cm³/mol. The van der Waals surface area contributed by atoms with Crippen LogP contribution in [-0.4, -0.2) is 24.3 Å². The zero-order valence-electron chi connectivity index (χ0n) is 14.4. The molecule has 1 unspecified atom stereocenters. The molecule has 1 aliphatic heterocycles. The summed E-state index contributed by atoms with van der Waals surface area (Å²) in [6.45, 7) is 6.24. The summed E-state index contributed by atoms with van der Waals surface area (Å²) in [6, 6.07) is 4.23. The lowest BCUT2D eigenvalue weighted by atomic mass is 10.3. The molecule has 8 heteroatoms. The predicted octanol–water partition coefficient (Wildman–Crippen LogP) is 5.81. The molecule has 1 aromatic carbocycles. The molecule has 2 rings (SSSR count). The summed E-state index contributed by atoms with van der Waals surface area (Å²) >= 11 is 5.68. The zero-order valence-corrected chi connectivity index (χ0v) is 16.0. The molecule has 138 valence electrons. The van der Waals surface area contributed by atoms with E-state index in [9.17, 15) is 13.2 Å². The molecule has 0 saturated carbocycles. The van der Waals surface area contributed by atoms with E-state index in [0.29, 0.717) is 0 Å². The maximum absolute atomic E-state index is 12.0. The second-order valence-corrected chi connectivity index (χ2v) is 6.34. The SMILES string of the molecule is CC=S.CCCCC.CNC1Nc2ccc(OC(F)(F)F)cc2S1. The fraction of sp³-hybridized carbons (Fsp3) is 0.562. The molecule has 0 aliphatic carbocycles. The number of unbranched alkanes of at least 4 members (excludes halogenated alkanes) is 2. The van der Waals surface area contributed by atoms with Gasteiger partial charge in [-0.15, -0.1) is 13.2 Å². The monoisotopic (exact) mass is 382 g/mol. The van der Waals surface area contributed by atoms with Gasteiger partial charge in [-0.05, 0) is 37.5 Å². The molecule has 0 saturated heterocycles. The number of rotatable bonds is 4. The average molecular weight is 383 g/mol. The summed E-state index contributed by atoms with van der Waals surface area (Å²) < 4.78 is 39.8. The molecular formula is C16H25F3N2OS2. The number of halogens is 3. The fourth-order valence-electron chi connectivity index (χ4n) is 1.70. The van der Waals surface area contributed by atoms with Gasteiger partial charge in [0.25, 0.3) is 0 Å². The van der Waals surface area contributed by atoms with Gasteiger partial charge in [0.05, 0.1) is 5.69 Å². The second kappa shape index (κ2) is 12.4. The van der Waals surface area contributed by atoms with Crippen LogP contribution in [0.1, 0.15) is 40.0 Å². The van der Waals surface area contributed by atoms with Crippen molar-refractivity contribution in [1.29, 1.82) is 0 Å². The highest BCUT2D eigenvalue weighted by Gasteiger charge is 2.31. The number of ether oxygens (including phenoxy) is 1. The summed E-state index contributed by atoms with van der Waals surface area (Å²) in [6.07, 6.45) is -0.569. The van der Waals surface area contributed by atoms with Crippen molar-refractivity contribution in [3.05, 3.63) is 18.2 Å². The molecule has 2 N–H and O–H groups in total. The molecule has 0 bridgehead atoms. The van der Waals surface area contributed by atoms with E-state index < -0.39 is 6.36 Å². The fourth-order valence-corrected chi connectivity index (χ4v) is 2.69. The molecule has 1 heterocycles. The van der Waals surface area contributed by atoms with E-state index >= 15 is 0 Å². The van der Waals surface area contributed by atoms with E-state index in [1.807, 2.05) is 6.92 Å². The highest BCUT2D eigenvalue weighted by atomic mass is 32.2. The van der Waals surface area contributed by atoms with Gasteiger partial charge < -0.3 is 10.1 Å². The number of thioether (sulfide) groups is 1. The third kappa shape index (κ3) is 10.00. The van der Waals surface area contributed by atoms with Crippen molar-refractivity contribution >= 4 is 35.0 Å². The van der Waals surface area contributed by atoms with E-state index in [-0.39, 0.29) is 11.2 Å². The number of benzene rings is 1. The third-order valence-corrected chi connectivity index (χ3v) is 3.87. The molecule has 1 atom stereocenters. The zero-order chi connectivity index (χ0) is 18.6. The van der Waals surface area contributed by atoms with Crippen LogP contribution in [0.5, 0.6) is 5.75 Å². The Morgan fingerprint density at radius 1 is 1.33 bits per heavy atom. The molecular weight excluding hydrogens is 357 g/mol. The van der Waals surface area contributed by atoms with Crippen LogP contribution in [0.25, 0.3) is 0 Å². The Labute approximate surface area is 151 Å². The minimum atomic E-state index is -4.65. The van der Waals surface area contributed by atoms with Gasteiger partial charge in [-0.1, -0.05) is 57.1 Å². The Hall–Kier alpha value is -0.990. The summed E-state index contributed by atoms with van der Waals surface area (Å²) in [5, 5.41) is 7.64. The lowest BCUT2D eigenvalue weighted by Gasteiger charge is -2.09. The van der Waals surface area contributed by atoms with Gasteiger partial charge in [0, 0.05) is 4.90 Å². The van der Waals surface area contributed by atoms with Gasteiger partial charge >= 0.3 is 6.36 Å². The van der Waals surface area contributed by atoms with Crippen LogP contribution in [0.2, 0.25) is 0 Å². The lowest BCUT2D eigenvalue weighted by molar-refractivity contribution is -0.274. The highest BCUT2D eigenvalue weighted by Crippen LogP contribution is 2.40. The number of fused-ring (bicyclic) bond motifs is 1. The largest absolute Gasteiger partial charge is 0.573 e. The van der Waals surface area contributed by atoms with Crippen LogP contribution < -0.4 is 15.4 Å². The maximum atomic E-state index is 12.0. The number of hydrogen-bond acceptors (Lipinski definition) is 5. The average Bonchev–Trinajstić information content (AvgIpc) is 2.90. The van der Waals surface area contributed by atoms with Crippen molar-refractivity contribution in [2.75, 3.05) is 12.4 Å². The van der Waals surface area contributed by atoms with E-state index in [1.165, 1.54) is 43.2 Å². The first-order valence-electron chi connectivity index (χ1n) is 7.71. The standard InChI is InChI=1S/C9H9F3N2OS.C5H12.C2H4S/c1-13-8-14-6-3-2-5(4-7(6)16-8)15-9(10,11)12;1-3-5-4-2;1-2-3/h2-4,8,13-14H,1H3;3-5H2,1-2H3;2H,1H3. The Kier molecular flexibility index (Phi) is 11.9. The van der Waals surface area contributed by atoms with Crippen LogP contribution in [-0.2, 0) is 0 Å². The van der Waals surface area contributed by atoms with Crippen LogP contribution in [0.3, 0.4) is 0 Å². The van der Waals surface area contributed by atoms with Gasteiger partial charge in [-0.3, -0.25) is 5.32 Å². The van der Waals surface area contributed by atoms with Gasteiger partial charge in [0.2, 0.25) is 0 Å². The number of nitrogens with one attached hydrogen (secondary N) is 2. The van der Waals surface area contributed by atoms with Crippen LogP contribution in [0.15, 0.2) is 23.1 Å². The number of hydrogen-bond donors (Lipinski definition) is 2. The molecule has 0 spiro atoms. The number of alkyl halides is 3. The smallest absolute Gasteiger partial charge is 0.406 e. The molecule has 0 amide bonds. The Morgan fingerprint density at radius 2 is 1.92 bits per heavy atom. The lowest BCUT2D eigenvalue weighted by Crippen LogP contribution is -2.25. The van der Waals surface area contributed by atoms with E-state index in [2.05, 4.69) is 41.4 Å². The van der Waals surface area contributed by atoms with Crippen molar-refractivity contribution in [3.8, 4) is 5.75 Å². The first kappa shape index (κ1) is 23.0. The molecule has 0 aromatic heterocycles. The maximum Gasteiger partial charge on any atom is 0.573 e. The van der Waals surface area contributed by atoms with E-state index in [4.69, 9.17) is 0 Å². The topological polar surface area (TPSA) is 33.3 Å². The van der Waals surface area contributed by atoms with Gasteiger partial charge in [-0.25, -0.2) is 0 Å². The van der Waals surface area contributed by atoms with Crippen molar-refractivity contribution in [3.63, 3.8) is 0 Å². The van der Waals surface area contributed by atoms with Crippen molar-refractivity contribution in [2.24, 2.45) is 0 Å². The van der Waals surface area contributed by atoms with E-state index in [1.54, 1.807) is 18.5 Å². The molecule has 3 nitrogen and oxygen atoms in total. The first-order valence-corrected chi connectivity index (χ1v) is 9.06. The molecule has 0 fully saturated rings. The van der Waals surface area contributed by atoms with E-state index in [0.717, 1.165) is 10.6 Å². The normalized spacial score (nSPS) is 15.0. The number of anilines is 1. The quantitative estimate of drug-likeness (QED) is 0.642. The highest BCUT2D eigenvalue weighted by molar-refractivity contribution is 8.00. The third-order valence-electron chi connectivity index (χ3n) is 2.69. The van der Waals surface area contributed by atoms with Gasteiger partial charge in [0.15, 0.2) is 0 Å². The summed E-state index contributed by atoms with van der Waals surface area (Å²) in [7, 11) is 1.77. The van der Waals surface area contributed by atoms with Crippen LogP contribution in [0.4, 0.5) is 18.9 Å². The van der Waals surface area contributed by atoms with Gasteiger partial charge in [-0.2, -0.15) is 0 Å². The number of thiocarbonyl (C=S) groups is 1. The van der Waals surface area contributed by atoms with Crippen molar-refractivity contribution in [2.45, 2.75) is 56.8 Å². The van der Waals surface area contributed by atoms with Gasteiger partial charge in [0.1, 0.15) is 11.2 Å². The summed E-state index contributed by atoms with van der Waals surface area (Å²) in [5.41, 5.74) is 0.787. The Morgan fingerprint density at radius 3 is 2.33 bits per heavy atom. The Bertz CT molecular complexity index is 483. The minimum Gasteiger partial charge on any atom is -0.406 e. The summed E-state index contributed by atoms with van der Waals surface area (Å²) in [5.74, 6) is -0.197. The van der Waals surface area contributed by atoms with Crippen LogP contribution in [0, 0.1) is 0 Å². The van der Waals surface area contributed by atoms with Crippen molar-refractivity contribution in [1.82, 2.24) is 5.32 Å². The molecule has 1 aromatic rings. The first-order chi connectivity index (χ1) is 11.3. The molecule has 0 radical (unpaired) electrons. The Balaban J connectivity index is 0.000000559. The minimum absolute atomic E-state index is 0.0175. The molecule has 24 heavy (non-hydrogen) atoms. The van der Waals surface area contributed by atoms with Crippen LogP contribution >= 0.6 is 24.0 Å². The summed E-state index contributed by atoms with van der Waals surface area (Å²) in [4.78, 5) is 0.737. The second-order valence-electron chi connectivity index (χ2n) is 4.73. The van der Waals surface area contributed by atoms with Crippen molar-refractivity contribution < 1.29 is 17.9 Å².